The van der Waals surface area contributed by atoms with Crippen LogP contribution in [0, 0.1) is 17.4 Å². The van der Waals surface area contributed by atoms with Gasteiger partial charge in [0.1, 0.15) is 6.10 Å². The summed E-state index contributed by atoms with van der Waals surface area (Å²) in [6.45, 7) is 7.86. The van der Waals surface area contributed by atoms with Gasteiger partial charge in [-0.1, -0.05) is 26.0 Å². The van der Waals surface area contributed by atoms with Crippen molar-refractivity contribution in [3.63, 3.8) is 0 Å². The van der Waals surface area contributed by atoms with Crippen LogP contribution in [0.4, 0.5) is 0 Å². The summed E-state index contributed by atoms with van der Waals surface area (Å²) in [5, 5.41) is 0. The normalized spacial score (nSPS) is 29.1. The Morgan fingerprint density at radius 3 is 2.61 bits per heavy atom. The Labute approximate surface area is 111 Å². The van der Waals surface area contributed by atoms with Gasteiger partial charge in [0.2, 0.25) is 0 Å². The van der Waals surface area contributed by atoms with E-state index >= 15 is 0 Å². The monoisotopic (exact) mass is 255 g/mol. The molecular formula is C15H27O3. The van der Waals surface area contributed by atoms with Crippen LogP contribution in [0.5, 0.6) is 0 Å². The maximum Gasteiger partial charge on any atom is 0.112 e. The predicted octanol–water partition coefficient (Wildman–Crippen LogP) is 3.21. The zero-order valence-electron chi connectivity index (χ0n) is 12.4. The third kappa shape index (κ3) is 3.34. The summed E-state index contributed by atoms with van der Waals surface area (Å²) in [4.78, 5) is 0. The first-order chi connectivity index (χ1) is 8.60. The molecule has 0 heterocycles. The van der Waals surface area contributed by atoms with Crippen molar-refractivity contribution in [2.45, 2.75) is 39.7 Å². The van der Waals surface area contributed by atoms with Gasteiger partial charge in [-0.15, -0.1) is 0 Å². The fourth-order valence-electron chi connectivity index (χ4n) is 2.90. The average Bonchev–Trinajstić information content (AvgIpc) is 2.35. The van der Waals surface area contributed by atoms with E-state index < -0.39 is 0 Å². The van der Waals surface area contributed by atoms with Crippen molar-refractivity contribution in [3.05, 3.63) is 18.3 Å². The summed E-state index contributed by atoms with van der Waals surface area (Å²) in [5.41, 5.74) is -0.150. The fraction of sp³-hybridized carbons (Fsp3) is 0.800. The smallest absolute Gasteiger partial charge is 0.112 e. The van der Waals surface area contributed by atoms with Gasteiger partial charge in [0.25, 0.3) is 0 Å². The Bertz CT molecular complexity index is 262. The fourth-order valence-corrected chi connectivity index (χ4v) is 2.90. The standard InChI is InChI=1S/C15H27O3/c1-6-18-11-15(10-12(2)3)13(16-4)8-7-9-14(15)17-5/h7-8,12-13H,6,9-11H2,1-5H3. The van der Waals surface area contributed by atoms with Gasteiger partial charge >= 0.3 is 0 Å². The minimum Gasteiger partial charge on any atom is -0.381 e. The molecule has 0 aromatic rings. The summed E-state index contributed by atoms with van der Waals surface area (Å²) >= 11 is 0. The number of rotatable bonds is 7. The van der Waals surface area contributed by atoms with Crippen molar-refractivity contribution in [2.24, 2.45) is 11.3 Å². The second-order valence-electron chi connectivity index (χ2n) is 5.31. The number of ether oxygens (including phenoxy) is 3. The molecule has 0 fully saturated rings. The lowest BCUT2D eigenvalue weighted by molar-refractivity contribution is -0.0881. The van der Waals surface area contributed by atoms with Gasteiger partial charge in [0, 0.05) is 20.8 Å². The molecule has 0 aliphatic heterocycles. The van der Waals surface area contributed by atoms with Crippen molar-refractivity contribution in [3.8, 4) is 0 Å². The maximum atomic E-state index is 5.73. The number of hydrogen-bond acceptors (Lipinski definition) is 3. The zero-order chi connectivity index (χ0) is 13.6. The average molecular weight is 255 g/mol. The van der Waals surface area contributed by atoms with Crippen LogP contribution < -0.4 is 0 Å². The molecule has 2 unspecified atom stereocenters. The molecule has 1 rings (SSSR count). The molecule has 0 N–H and O–H groups in total. The van der Waals surface area contributed by atoms with Crippen LogP contribution in [0.3, 0.4) is 0 Å². The highest BCUT2D eigenvalue weighted by Crippen LogP contribution is 2.46. The van der Waals surface area contributed by atoms with E-state index in [9.17, 15) is 0 Å². The molecule has 0 saturated carbocycles. The van der Waals surface area contributed by atoms with Crippen LogP contribution in [-0.4, -0.2) is 33.5 Å². The highest BCUT2D eigenvalue weighted by atomic mass is 16.5. The Morgan fingerprint density at radius 1 is 1.39 bits per heavy atom. The molecule has 0 saturated heterocycles. The van der Waals surface area contributed by atoms with Gasteiger partial charge in [-0.25, -0.2) is 0 Å². The van der Waals surface area contributed by atoms with E-state index in [-0.39, 0.29) is 11.5 Å². The quantitative estimate of drug-likeness (QED) is 0.654. The van der Waals surface area contributed by atoms with E-state index in [0.717, 1.165) is 25.6 Å². The largest absolute Gasteiger partial charge is 0.381 e. The van der Waals surface area contributed by atoms with Crippen LogP contribution >= 0.6 is 0 Å². The summed E-state index contributed by atoms with van der Waals surface area (Å²) in [7, 11) is 3.51. The Morgan fingerprint density at radius 2 is 2.11 bits per heavy atom. The molecule has 3 heteroatoms. The highest BCUT2D eigenvalue weighted by Gasteiger charge is 2.48. The van der Waals surface area contributed by atoms with Crippen molar-refractivity contribution < 1.29 is 14.2 Å². The number of methoxy groups -OCH3 is 2. The second kappa shape index (κ2) is 7.27. The number of hydrogen-bond donors (Lipinski definition) is 0. The van der Waals surface area contributed by atoms with Crippen molar-refractivity contribution in [2.75, 3.05) is 27.4 Å². The molecule has 0 bridgehead atoms. The van der Waals surface area contributed by atoms with E-state index in [2.05, 4.69) is 26.0 Å². The molecule has 0 amide bonds. The molecule has 0 spiro atoms. The molecule has 2 atom stereocenters. The van der Waals surface area contributed by atoms with Crippen LogP contribution in [0.25, 0.3) is 0 Å². The predicted molar refractivity (Wildman–Crippen MR) is 73.2 cm³/mol. The van der Waals surface area contributed by atoms with Crippen LogP contribution in [0.2, 0.25) is 0 Å². The van der Waals surface area contributed by atoms with Crippen LogP contribution in [-0.2, 0) is 14.2 Å². The Kier molecular flexibility index (Phi) is 6.33. The third-order valence-corrected chi connectivity index (χ3v) is 3.55. The van der Waals surface area contributed by atoms with E-state index in [1.165, 1.54) is 0 Å². The van der Waals surface area contributed by atoms with E-state index in [4.69, 9.17) is 14.2 Å². The van der Waals surface area contributed by atoms with Crippen molar-refractivity contribution >= 4 is 0 Å². The van der Waals surface area contributed by atoms with Gasteiger partial charge in [-0.2, -0.15) is 0 Å². The summed E-state index contributed by atoms with van der Waals surface area (Å²) in [5.74, 6) is 0.569. The van der Waals surface area contributed by atoms with Gasteiger partial charge in [0.15, 0.2) is 0 Å². The Balaban J connectivity index is 3.01. The minimum atomic E-state index is -0.150. The molecule has 18 heavy (non-hydrogen) atoms. The van der Waals surface area contributed by atoms with Gasteiger partial charge in [0.05, 0.1) is 18.1 Å². The van der Waals surface area contributed by atoms with E-state index in [1.807, 2.05) is 6.92 Å². The van der Waals surface area contributed by atoms with Gasteiger partial charge in [-0.3, -0.25) is 0 Å². The summed E-state index contributed by atoms with van der Waals surface area (Å²) < 4.78 is 17.0. The third-order valence-electron chi connectivity index (χ3n) is 3.55. The van der Waals surface area contributed by atoms with Crippen molar-refractivity contribution in [1.82, 2.24) is 0 Å². The SMILES string of the molecule is CCOCC1(CC(C)C)[C](OC)CC=CC1OC. The molecule has 1 radical (unpaired) electrons. The van der Waals surface area contributed by atoms with Gasteiger partial charge in [-0.05, 0) is 25.7 Å². The molecule has 1 aliphatic rings. The Hall–Kier alpha value is -0.380. The zero-order valence-corrected chi connectivity index (χ0v) is 12.4. The summed E-state index contributed by atoms with van der Waals surface area (Å²) in [6, 6.07) is 0. The topological polar surface area (TPSA) is 27.7 Å². The lowest BCUT2D eigenvalue weighted by Gasteiger charge is -2.45. The first-order valence-electron chi connectivity index (χ1n) is 6.78. The molecule has 3 nitrogen and oxygen atoms in total. The lowest BCUT2D eigenvalue weighted by atomic mass is 9.68. The van der Waals surface area contributed by atoms with E-state index in [1.54, 1.807) is 14.2 Å². The maximum absolute atomic E-state index is 5.73. The van der Waals surface area contributed by atoms with E-state index in [0.29, 0.717) is 12.5 Å². The lowest BCUT2D eigenvalue weighted by Crippen LogP contribution is -2.48. The first kappa shape index (κ1) is 15.7. The van der Waals surface area contributed by atoms with Crippen LogP contribution in [0.1, 0.15) is 33.6 Å². The molecule has 0 aromatic carbocycles. The van der Waals surface area contributed by atoms with Crippen LogP contribution in [0.15, 0.2) is 12.2 Å². The molecule has 0 aromatic heterocycles. The van der Waals surface area contributed by atoms with Crippen molar-refractivity contribution in [1.29, 1.82) is 0 Å². The molecule has 1 aliphatic carbocycles. The first-order valence-corrected chi connectivity index (χ1v) is 6.78. The molecular weight excluding hydrogens is 228 g/mol. The minimum absolute atomic E-state index is 0.0372. The summed E-state index contributed by atoms with van der Waals surface area (Å²) in [6.07, 6.45) is 7.26. The van der Waals surface area contributed by atoms with Gasteiger partial charge < -0.3 is 14.2 Å². The highest BCUT2D eigenvalue weighted by molar-refractivity contribution is 5.19. The molecule has 105 valence electrons. The second-order valence-corrected chi connectivity index (χ2v) is 5.31.